The Morgan fingerprint density at radius 3 is 1.91 bits per heavy atom. The number of furan rings is 1. The van der Waals surface area contributed by atoms with Crippen LogP contribution in [0.2, 0.25) is 0 Å². The van der Waals surface area contributed by atoms with E-state index in [-0.39, 0.29) is 0 Å². The number of pyridine rings is 1. The molecule has 4 heterocycles. The number of hydrogen-bond donors (Lipinski definition) is 0. The Balaban J connectivity index is 1.06. The van der Waals surface area contributed by atoms with Crippen molar-refractivity contribution < 1.29 is 4.42 Å². The van der Waals surface area contributed by atoms with Crippen molar-refractivity contribution in [3.63, 3.8) is 0 Å². The molecule has 58 heavy (non-hydrogen) atoms. The molecule has 5 heteroatoms. The summed E-state index contributed by atoms with van der Waals surface area (Å²) in [5.74, 6) is 0.680. The van der Waals surface area contributed by atoms with Gasteiger partial charge in [-0.3, -0.25) is 0 Å². The number of thiophene rings is 1. The van der Waals surface area contributed by atoms with Gasteiger partial charge in [0.1, 0.15) is 11.2 Å². The highest BCUT2D eigenvalue weighted by Gasteiger charge is 2.20. The van der Waals surface area contributed by atoms with Crippen LogP contribution in [0.4, 0.5) is 0 Å². The van der Waals surface area contributed by atoms with Gasteiger partial charge in [0, 0.05) is 58.8 Å². The average molecular weight is 758 g/mol. The molecule has 12 aromatic rings. The lowest BCUT2D eigenvalue weighted by atomic mass is 9.92. The Hall–Kier alpha value is -7.47. The molecule has 270 valence electrons. The van der Waals surface area contributed by atoms with E-state index in [1.165, 1.54) is 31.1 Å². The minimum Gasteiger partial charge on any atom is -0.455 e. The first-order valence-corrected chi connectivity index (χ1v) is 20.2. The number of rotatable bonds is 5. The molecule has 0 spiro atoms. The molecule has 0 atom stereocenters. The Morgan fingerprint density at radius 1 is 0.414 bits per heavy atom. The second-order valence-corrected chi connectivity index (χ2v) is 15.8. The molecule has 0 bridgehead atoms. The van der Waals surface area contributed by atoms with Crippen LogP contribution in [-0.2, 0) is 0 Å². The standard InChI is InChI=1S/C53H31N3OS/c1-2-13-34(14-3-1)53-55-45(32-25-27-33(28-26-32)50-49-41-19-7-10-23-47(41)57-51(49)40-18-6-9-22-44(40)54-50)31-46(56-53)43-30-36-16-5-4-15-35(36)29-42(43)39-21-12-20-38-37-17-8-11-24-48(37)58-52(38)39/h1-31H. The van der Waals surface area contributed by atoms with Crippen LogP contribution in [0, 0.1) is 0 Å². The number of aromatic nitrogens is 3. The third-order valence-corrected chi connectivity index (χ3v) is 12.5. The summed E-state index contributed by atoms with van der Waals surface area (Å²) in [6.45, 7) is 0. The van der Waals surface area contributed by atoms with Crippen molar-refractivity contribution >= 4 is 75.1 Å². The smallest absolute Gasteiger partial charge is 0.160 e. The molecule has 0 unspecified atom stereocenters. The van der Waals surface area contributed by atoms with Crippen LogP contribution in [0.5, 0.6) is 0 Å². The third kappa shape index (κ3) is 5.25. The highest BCUT2D eigenvalue weighted by atomic mass is 32.1. The first-order valence-electron chi connectivity index (χ1n) is 19.4. The van der Waals surface area contributed by atoms with Crippen LogP contribution >= 0.6 is 11.3 Å². The zero-order valence-electron chi connectivity index (χ0n) is 31.1. The summed E-state index contributed by atoms with van der Waals surface area (Å²) >= 11 is 1.85. The molecule has 0 aliphatic heterocycles. The molecule has 8 aromatic carbocycles. The quantitative estimate of drug-likeness (QED) is 0.175. The molecule has 0 aliphatic carbocycles. The number of para-hydroxylation sites is 2. The lowest BCUT2D eigenvalue weighted by molar-refractivity contribution is 0.672. The van der Waals surface area contributed by atoms with Gasteiger partial charge in [-0.1, -0.05) is 146 Å². The van der Waals surface area contributed by atoms with Crippen molar-refractivity contribution in [1.82, 2.24) is 15.0 Å². The van der Waals surface area contributed by atoms with Crippen LogP contribution in [0.3, 0.4) is 0 Å². The SMILES string of the molecule is c1ccc(-c2nc(-c3ccc(-c4nc5ccccc5c5oc6ccccc6c45)cc3)cc(-c3cc4ccccc4cc3-c3cccc4c3sc3ccccc34)n2)cc1. The molecule has 0 amide bonds. The Kier molecular flexibility index (Phi) is 7.37. The van der Waals surface area contributed by atoms with E-state index in [0.29, 0.717) is 5.82 Å². The van der Waals surface area contributed by atoms with E-state index >= 15 is 0 Å². The first-order chi connectivity index (χ1) is 28.7. The zero-order chi connectivity index (χ0) is 38.2. The second-order valence-electron chi connectivity index (χ2n) is 14.7. The monoisotopic (exact) mass is 757 g/mol. The van der Waals surface area contributed by atoms with Crippen LogP contribution in [-0.4, -0.2) is 15.0 Å². The molecule has 12 rings (SSSR count). The number of nitrogens with zero attached hydrogens (tertiary/aromatic N) is 3. The van der Waals surface area contributed by atoms with Crippen molar-refractivity contribution in [1.29, 1.82) is 0 Å². The maximum Gasteiger partial charge on any atom is 0.160 e. The maximum absolute atomic E-state index is 6.48. The third-order valence-electron chi connectivity index (χ3n) is 11.3. The van der Waals surface area contributed by atoms with Gasteiger partial charge in [0.05, 0.1) is 28.0 Å². The van der Waals surface area contributed by atoms with Gasteiger partial charge in [-0.15, -0.1) is 11.3 Å². The number of benzene rings is 8. The van der Waals surface area contributed by atoms with E-state index in [0.717, 1.165) is 83.1 Å². The summed E-state index contributed by atoms with van der Waals surface area (Å²) in [6.07, 6.45) is 0. The molecule has 0 N–H and O–H groups in total. The predicted molar refractivity (Wildman–Crippen MR) is 242 cm³/mol. The molecule has 0 saturated heterocycles. The largest absolute Gasteiger partial charge is 0.455 e. The van der Waals surface area contributed by atoms with Crippen molar-refractivity contribution in [2.75, 3.05) is 0 Å². The Labute approximate surface area is 337 Å². The van der Waals surface area contributed by atoms with E-state index in [4.69, 9.17) is 19.4 Å². The van der Waals surface area contributed by atoms with Gasteiger partial charge >= 0.3 is 0 Å². The van der Waals surface area contributed by atoms with Crippen molar-refractivity contribution in [3.05, 3.63) is 188 Å². The van der Waals surface area contributed by atoms with Crippen LogP contribution in [0.1, 0.15) is 0 Å². The normalized spacial score (nSPS) is 11.8. The van der Waals surface area contributed by atoms with E-state index in [9.17, 15) is 0 Å². The van der Waals surface area contributed by atoms with Gasteiger partial charge in [-0.2, -0.15) is 0 Å². The molecule has 0 radical (unpaired) electrons. The van der Waals surface area contributed by atoms with Gasteiger partial charge in [0.2, 0.25) is 0 Å². The van der Waals surface area contributed by atoms with Crippen molar-refractivity contribution in [2.45, 2.75) is 0 Å². The summed E-state index contributed by atoms with van der Waals surface area (Å²) in [5.41, 5.74) is 11.6. The average Bonchev–Trinajstić information content (AvgIpc) is 3.88. The van der Waals surface area contributed by atoms with Gasteiger partial charge in [0.15, 0.2) is 5.82 Å². The minimum absolute atomic E-state index is 0.680. The second kappa shape index (κ2) is 13.1. The van der Waals surface area contributed by atoms with Gasteiger partial charge in [0.25, 0.3) is 0 Å². The summed E-state index contributed by atoms with van der Waals surface area (Å²) in [4.78, 5) is 15.8. The first kappa shape index (κ1) is 32.7. The molecule has 4 aromatic heterocycles. The molecule has 0 fully saturated rings. The lowest BCUT2D eigenvalue weighted by Crippen LogP contribution is -1.97. The van der Waals surface area contributed by atoms with Crippen molar-refractivity contribution in [2.24, 2.45) is 0 Å². The topological polar surface area (TPSA) is 51.8 Å². The van der Waals surface area contributed by atoms with E-state index < -0.39 is 0 Å². The molecular weight excluding hydrogens is 727 g/mol. The van der Waals surface area contributed by atoms with Crippen LogP contribution in [0.25, 0.3) is 120 Å². The zero-order valence-corrected chi connectivity index (χ0v) is 31.9. The minimum atomic E-state index is 0.680. The summed E-state index contributed by atoms with van der Waals surface area (Å²) < 4.78 is 9.04. The summed E-state index contributed by atoms with van der Waals surface area (Å²) in [6, 6.07) is 66.0. The molecule has 0 aliphatic rings. The van der Waals surface area contributed by atoms with Gasteiger partial charge in [-0.05, 0) is 58.8 Å². The Morgan fingerprint density at radius 2 is 1.07 bits per heavy atom. The predicted octanol–water partition coefficient (Wildman–Crippen LogP) is 14.8. The van der Waals surface area contributed by atoms with Crippen LogP contribution in [0.15, 0.2) is 192 Å². The molecule has 4 nitrogen and oxygen atoms in total. The van der Waals surface area contributed by atoms with E-state index in [2.05, 4.69) is 146 Å². The fraction of sp³-hybridized carbons (Fsp3) is 0. The molecular formula is C53H31N3OS. The lowest BCUT2D eigenvalue weighted by Gasteiger charge is -2.15. The van der Waals surface area contributed by atoms with Gasteiger partial charge in [-0.25, -0.2) is 15.0 Å². The highest BCUT2D eigenvalue weighted by molar-refractivity contribution is 7.26. The van der Waals surface area contributed by atoms with E-state index in [1.807, 2.05) is 53.8 Å². The molecule has 0 saturated carbocycles. The maximum atomic E-state index is 6.48. The van der Waals surface area contributed by atoms with Crippen LogP contribution < -0.4 is 0 Å². The number of hydrogen-bond acceptors (Lipinski definition) is 5. The fourth-order valence-corrected chi connectivity index (χ4v) is 9.73. The van der Waals surface area contributed by atoms with E-state index in [1.54, 1.807) is 0 Å². The highest BCUT2D eigenvalue weighted by Crippen LogP contribution is 2.45. The fourth-order valence-electron chi connectivity index (χ4n) is 8.50. The Bertz CT molecular complexity index is 3570. The van der Waals surface area contributed by atoms with Crippen molar-refractivity contribution in [3.8, 4) is 56.3 Å². The van der Waals surface area contributed by atoms with Gasteiger partial charge < -0.3 is 4.42 Å². The summed E-state index contributed by atoms with van der Waals surface area (Å²) in [5, 5.41) is 7.99. The summed E-state index contributed by atoms with van der Waals surface area (Å²) in [7, 11) is 0. The number of fused-ring (bicyclic) bond motifs is 9.